The van der Waals surface area contributed by atoms with E-state index in [1.165, 1.54) is 0 Å². The van der Waals surface area contributed by atoms with Gasteiger partial charge in [0.15, 0.2) is 0 Å². The summed E-state index contributed by atoms with van der Waals surface area (Å²) in [5, 5.41) is 2.91. The van der Waals surface area contributed by atoms with Crippen molar-refractivity contribution in [3.8, 4) is 0 Å². The van der Waals surface area contributed by atoms with Crippen molar-refractivity contribution in [1.82, 2.24) is 10.2 Å². The van der Waals surface area contributed by atoms with Gasteiger partial charge in [0.05, 0.1) is 0 Å². The first-order chi connectivity index (χ1) is 7.50. The number of carbonyl (C=O) groups is 1. The molecule has 1 fully saturated rings. The van der Waals surface area contributed by atoms with E-state index in [0.29, 0.717) is 12.5 Å². The van der Waals surface area contributed by atoms with E-state index in [9.17, 15) is 4.79 Å². The molecule has 0 aromatic carbocycles. The van der Waals surface area contributed by atoms with Crippen molar-refractivity contribution in [3.05, 3.63) is 0 Å². The summed E-state index contributed by atoms with van der Waals surface area (Å²) in [6, 6.07) is 0.0932. The molecule has 1 saturated heterocycles. The fraction of sp³-hybridized carbons (Fsp3) is 0.917. The van der Waals surface area contributed by atoms with Crippen molar-refractivity contribution in [2.75, 3.05) is 19.6 Å². The molecule has 4 nitrogen and oxygen atoms in total. The van der Waals surface area contributed by atoms with E-state index in [0.717, 1.165) is 31.8 Å². The number of nitrogens with zero attached hydrogens (tertiary/aromatic N) is 1. The lowest BCUT2D eigenvalue weighted by atomic mass is 10.00. The van der Waals surface area contributed by atoms with Crippen LogP contribution >= 0.6 is 0 Å². The smallest absolute Gasteiger partial charge is 0.317 e. The lowest BCUT2D eigenvalue weighted by molar-refractivity contribution is 0.173. The van der Waals surface area contributed by atoms with Crippen molar-refractivity contribution >= 4 is 6.03 Å². The van der Waals surface area contributed by atoms with Gasteiger partial charge in [0.1, 0.15) is 0 Å². The molecule has 3 N–H and O–H groups in total. The molecule has 1 unspecified atom stereocenters. The molecule has 0 aromatic heterocycles. The van der Waals surface area contributed by atoms with Crippen molar-refractivity contribution in [3.63, 3.8) is 0 Å². The zero-order chi connectivity index (χ0) is 12.1. The highest BCUT2D eigenvalue weighted by Crippen LogP contribution is 2.15. The third-order valence-electron chi connectivity index (χ3n) is 3.42. The van der Waals surface area contributed by atoms with E-state index in [2.05, 4.69) is 26.1 Å². The Hall–Kier alpha value is -0.770. The standard InChI is InChI=1S/C12H25N3O/c1-9(2)11(13)8-14-12(16)15-6-4-10(3)5-7-15/h9-11H,4-8,13H2,1-3H3,(H,14,16). The van der Waals surface area contributed by atoms with Crippen LogP contribution < -0.4 is 11.1 Å². The highest BCUT2D eigenvalue weighted by molar-refractivity contribution is 5.74. The Morgan fingerprint density at radius 2 is 2.00 bits per heavy atom. The molecular formula is C12H25N3O. The van der Waals surface area contributed by atoms with E-state index in [4.69, 9.17) is 5.73 Å². The van der Waals surface area contributed by atoms with Gasteiger partial charge in [0.2, 0.25) is 0 Å². The topological polar surface area (TPSA) is 58.4 Å². The molecule has 1 atom stereocenters. The van der Waals surface area contributed by atoms with Crippen molar-refractivity contribution < 1.29 is 4.79 Å². The molecule has 16 heavy (non-hydrogen) atoms. The lowest BCUT2D eigenvalue weighted by Gasteiger charge is -2.30. The van der Waals surface area contributed by atoms with E-state index in [1.54, 1.807) is 0 Å². The quantitative estimate of drug-likeness (QED) is 0.766. The van der Waals surface area contributed by atoms with Gasteiger partial charge < -0.3 is 16.0 Å². The van der Waals surface area contributed by atoms with E-state index >= 15 is 0 Å². The molecule has 1 aliphatic rings. The van der Waals surface area contributed by atoms with Crippen LogP contribution in [0.4, 0.5) is 4.79 Å². The summed E-state index contributed by atoms with van der Waals surface area (Å²) in [6.45, 7) is 8.71. The average molecular weight is 227 g/mol. The number of likely N-dealkylation sites (tertiary alicyclic amines) is 1. The number of nitrogens with two attached hydrogens (primary N) is 1. The number of amides is 2. The second-order valence-corrected chi connectivity index (χ2v) is 5.26. The lowest BCUT2D eigenvalue weighted by Crippen LogP contribution is -2.48. The molecular weight excluding hydrogens is 202 g/mol. The Morgan fingerprint density at radius 3 is 2.50 bits per heavy atom. The third-order valence-corrected chi connectivity index (χ3v) is 3.42. The van der Waals surface area contributed by atoms with Gasteiger partial charge in [0.25, 0.3) is 0 Å². The van der Waals surface area contributed by atoms with Crippen LogP contribution in [0.5, 0.6) is 0 Å². The second-order valence-electron chi connectivity index (χ2n) is 5.26. The number of nitrogens with one attached hydrogen (secondary N) is 1. The Bertz CT molecular complexity index is 222. The maximum Gasteiger partial charge on any atom is 0.317 e. The third kappa shape index (κ3) is 4.00. The number of hydrogen-bond donors (Lipinski definition) is 2. The molecule has 4 heteroatoms. The second kappa shape index (κ2) is 6.09. The Balaban J connectivity index is 2.25. The van der Waals surface area contributed by atoms with Gasteiger partial charge in [-0.25, -0.2) is 4.79 Å². The fourth-order valence-electron chi connectivity index (χ4n) is 1.76. The van der Waals surface area contributed by atoms with Gasteiger partial charge in [0, 0.05) is 25.7 Å². The van der Waals surface area contributed by atoms with Crippen LogP contribution in [-0.4, -0.2) is 36.6 Å². The van der Waals surface area contributed by atoms with Crippen LogP contribution in [0.25, 0.3) is 0 Å². The van der Waals surface area contributed by atoms with Crippen molar-refractivity contribution in [1.29, 1.82) is 0 Å². The zero-order valence-electron chi connectivity index (χ0n) is 10.7. The minimum Gasteiger partial charge on any atom is -0.336 e. The first-order valence-corrected chi connectivity index (χ1v) is 6.29. The van der Waals surface area contributed by atoms with Crippen LogP contribution in [0.1, 0.15) is 33.6 Å². The van der Waals surface area contributed by atoms with Gasteiger partial charge in [-0.05, 0) is 24.7 Å². The Labute approximate surface area is 98.6 Å². The highest BCUT2D eigenvalue weighted by Gasteiger charge is 2.20. The number of carbonyl (C=O) groups excluding carboxylic acids is 1. The van der Waals surface area contributed by atoms with Crippen molar-refractivity contribution in [2.45, 2.75) is 39.7 Å². The molecule has 0 radical (unpaired) electrons. The van der Waals surface area contributed by atoms with Gasteiger partial charge in [-0.1, -0.05) is 20.8 Å². The van der Waals surface area contributed by atoms with Gasteiger partial charge >= 0.3 is 6.03 Å². The summed E-state index contributed by atoms with van der Waals surface area (Å²) >= 11 is 0. The molecule has 94 valence electrons. The molecule has 2 amide bonds. The highest BCUT2D eigenvalue weighted by atomic mass is 16.2. The van der Waals surface area contributed by atoms with Crippen LogP contribution in [0.15, 0.2) is 0 Å². The van der Waals surface area contributed by atoms with Crippen LogP contribution in [-0.2, 0) is 0 Å². The summed E-state index contributed by atoms with van der Waals surface area (Å²) in [5.41, 5.74) is 5.88. The minimum atomic E-state index is 0.0444. The maximum atomic E-state index is 11.8. The molecule has 1 heterocycles. The zero-order valence-corrected chi connectivity index (χ0v) is 10.7. The largest absolute Gasteiger partial charge is 0.336 e. The molecule has 1 rings (SSSR count). The summed E-state index contributed by atoms with van der Waals surface area (Å²) in [5.74, 6) is 1.16. The molecule has 0 aromatic rings. The van der Waals surface area contributed by atoms with E-state index < -0.39 is 0 Å². The predicted molar refractivity (Wildman–Crippen MR) is 66.2 cm³/mol. The number of hydrogen-bond acceptors (Lipinski definition) is 2. The summed E-state index contributed by atoms with van der Waals surface area (Å²) in [6.07, 6.45) is 2.23. The normalized spacial score (nSPS) is 19.9. The molecule has 0 aliphatic carbocycles. The predicted octanol–water partition coefficient (Wildman–Crippen LogP) is 1.41. The van der Waals surface area contributed by atoms with Crippen LogP contribution in [0.3, 0.4) is 0 Å². The Kier molecular flexibility index (Phi) is 5.06. The summed E-state index contributed by atoms with van der Waals surface area (Å²) in [4.78, 5) is 13.7. The maximum absolute atomic E-state index is 11.8. The van der Waals surface area contributed by atoms with Gasteiger partial charge in [-0.15, -0.1) is 0 Å². The van der Waals surface area contributed by atoms with Crippen molar-refractivity contribution in [2.24, 2.45) is 17.6 Å². The molecule has 0 spiro atoms. The van der Waals surface area contributed by atoms with Crippen LogP contribution in [0, 0.1) is 11.8 Å². The van der Waals surface area contributed by atoms with Gasteiger partial charge in [-0.2, -0.15) is 0 Å². The Morgan fingerprint density at radius 1 is 1.44 bits per heavy atom. The summed E-state index contributed by atoms with van der Waals surface area (Å²) < 4.78 is 0. The average Bonchev–Trinajstić information content (AvgIpc) is 2.26. The molecule has 1 aliphatic heterocycles. The SMILES string of the molecule is CC1CCN(C(=O)NCC(N)C(C)C)CC1. The minimum absolute atomic E-state index is 0.0444. The number of urea groups is 1. The van der Waals surface area contributed by atoms with Crippen LogP contribution in [0.2, 0.25) is 0 Å². The molecule has 0 bridgehead atoms. The first kappa shape index (κ1) is 13.3. The number of piperidine rings is 1. The van der Waals surface area contributed by atoms with E-state index in [-0.39, 0.29) is 12.1 Å². The monoisotopic (exact) mass is 227 g/mol. The number of rotatable bonds is 3. The fourth-order valence-corrected chi connectivity index (χ4v) is 1.76. The van der Waals surface area contributed by atoms with Gasteiger partial charge in [-0.3, -0.25) is 0 Å². The van der Waals surface area contributed by atoms with E-state index in [1.807, 2.05) is 4.90 Å². The molecule has 0 saturated carbocycles. The first-order valence-electron chi connectivity index (χ1n) is 6.29. The summed E-state index contributed by atoms with van der Waals surface area (Å²) in [7, 11) is 0.